The van der Waals surface area contributed by atoms with Crippen molar-refractivity contribution >= 4 is 5.91 Å². The van der Waals surface area contributed by atoms with Crippen molar-refractivity contribution in [2.45, 2.75) is 347 Å². The number of rotatable bonds is 58. The molecule has 4 N–H and O–H groups in total. The van der Waals surface area contributed by atoms with Crippen LogP contribution >= 0.6 is 0 Å². The topological polar surface area (TPSA) is 89.8 Å². The van der Waals surface area contributed by atoms with Gasteiger partial charge in [0.15, 0.2) is 0 Å². The quantitative estimate of drug-likeness (QED) is 0.0361. The molecular formula is C66H123NO4. The molecule has 3 atom stereocenters. The SMILES string of the molecule is CCCCCCCCCCC/C=C/CC/C=C/CC/C=C/C(O)C(CO)NC(=O)C(O)CCCCCCCCCCCCCCCCCC/C=C\C/C=C\CCCCCCCCCCCCCCCCC. The minimum atomic E-state index is -1.11. The normalized spacial score (nSPS) is 13.6. The third-order valence-electron chi connectivity index (χ3n) is 14.6. The number of aliphatic hydroxyl groups excluding tert-OH is 3. The van der Waals surface area contributed by atoms with Gasteiger partial charge in [-0.3, -0.25) is 4.79 Å². The first kappa shape index (κ1) is 69.0. The number of carbonyl (C=O) groups excluding carboxylic acids is 1. The van der Waals surface area contributed by atoms with E-state index in [2.05, 4.69) is 67.8 Å². The van der Waals surface area contributed by atoms with Crippen LogP contribution in [-0.4, -0.2) is 46.1 Å². The molecule has 0 fully saturated rings. The van der Waals surface area contributed by atoms with Gasteiger partial charge in [-0.15, -0.1) is 0 Å². The Kier molecular flexibility index (Phi) is 58.9. The summed E-state index contributed by atoms with van der Waals surface area (Å²) >= 11 is 0. The maximum atomic E-state index is 12.6. The van der Waals surface area contributed by atoms with E-state index in [0.717, 1.165) is 51.4 Å². The lowest BCUT2D eigenvalue weighted by atomic mass is 10.0. The van der Waals surface area contributed by atoms with Crippen molar-refractivity contribution in [1.82, 2.24) is 5.32 Å². The number of amides is 1. The van der Waals surface area contributed by atoms with Gasteiger partial charge in [-0.1, -0.05) is 312 Å². The predicted molar refractivity (Wildman–Crippen MR) is 314 cm³/mol. The molecule has 0 heterocycles. The molecular weight excluding hydrogens is 871 g/mol. The summed E-state index contributed by atoms with van der Waals surface area (Å²) in [4.78, 5) is 12.6. The molecule has 0 rings (SSSR count). The molecule has 5 heteroatoms. The Bertz CT molecular complexity index is 1190. The monoisotopic (exact) mass is 994 g/mol. The van der Waals surface area contributed by atoms with Crippen LogP contribution in [0.4, 0.5) is 0 Å². The fourth-order valence-corrected chi connectivity index (χ4v) is 9.66. The molecule has 0 radical (unpaired) electrons. The highest BCUT2D eigenvalue weighted by molar-refractivity contribution is 5.80. The molecule has 0 aromatic carbocycles. The molecule has 0 aliphatic heterocycles. The largest absolute Gasteiger partial charge is 0.394 e. The Morgan fingerprint density at radius 2 is 0.620 bits per heavy atom. The van der Waals surface area contributed by atoms with E-state index >= 15 is 0 Å². The first-order valence-corrected chi connectivity index (χ1v) is 31.6. The molecule has 3 unspecified atom stereocenters. The highest BCUT2D eigenvalue weighted by Crippen LogP contribution is 2.17. The summed E-state index contributed by atoms with van der Waals surface area (Å²) in [5, 5.41) is 33.4. The van der Waals surface area contributed by atoms with Crippen molar-refractivity contribution in [3.63, 3.8) is 0 Å². The average Bonchev–Trinajstić information content (AvgIpc) is 3.38. The number of carbonyl (C=O) groups is 1. The van der Waals surface area contributed by atoms with Crippen LogP contribution in [0, 0.1) is 0 Å². The number of aliphatic hydroxyl groups is 3. The first-order chi connectivity index (χ1) is 35.1. The lowest BCUT2D eigenvalue weighted by Crippen LogP contribution is -2.48. The fourth-order valence-electron chi connectivity index (χ4n) is 9.66. The zero-order valence-electron chi connectivity index (χ0n) is 47.6. The maximum absolute atomic E-state index is 12.6. The Hall–Kier alpha value is -1.95. The molecule has 0 aliphatic rings. The van der Waals surface area contributed by atoms with Crippen molar-refractivity contribution in [1.29, 1.82) is 0 Å². The molecule has 0 saturated heterocycles. The summed E-state index contributed by atoms with van der Waals surface area (Å²) in [6, 6.07) is -0.824. The number of nitrogens with one attached hydrogen (secondary N) is 1. The summed E-state index contributed by atoms with van der Waals surface area (Å²) in [6.45, 7) is 4.19. The second-order valence-electron chi connectivity index (χ2n) is 21.6. The smallest absolute Gasteiger partial charge is 0.249 e. The second kappa shape index (κ2) is 60.6. The molecule has 1 amide bonds. The van der Waals surface area contributed by atoms with Crippen LogP contribution in [0.5, 0.6) is 0 Å². The lowest BCUT2D eigenvalue weighted by molar-refractivity contribution is -0.131. The highest BCUT2D eigenvalue weighted by atomic mass is 16.3. The first-order valence-electron chi connectivity index (χ1n) is 31.6. The van der Waals surface area contributed by atoms with Gasteiger partial charge in [-0.05, 0) is 77.0 Å². The van der Waals surface area contributed by atoms with Gasteiger partial charge in [0.2, 0.25) is 5.91 Å². The average molecular weight is 995 g/mol. The van der Waals surface area contributed by atoms with Gasteiger partial charge in [0, 0.05) is 0 Å². The Balaban J connectivity index is 3.54. The zero-order chi connectivity index (χ0) is 51.4. The standard InChI is InChI=1S/C66H123NO4/c1-3-5-7-9-11-13-15-17-19-21-23-24-25-26-27-28-29-30-31-32-33-34-35-36-37-38-39-40-41-43-45-47-49-51-53-55-57-59-61-65(70)66(71)67-63(62-68)64(69)60-58-56-54-52-50-48-46-44-42-22-20-18-16-14-12-10-8-6-4-2/h29-30,32-33,42,44,50,52,58,60,63-65,68-70H,3-28,31,34-41,43,45-49,51,53-57,59,61-62H2,1-2H3,(H,67,71)/b30-29-,33-32-,44-42+,52-50+,60-58+. The maximum Gasteiger partial charge on any atom is 0.249 e. The van der Waals surface area contributed by atoms with Crippen molar-refractivity contribution in [2.24, 2.45) is 0 Å². The van der Waals surface area contributed by atoms with Crippen LogP contribution in [0.15, 0.2) is 60.8 Å². The van der Waals surface area contributed by atoms with Crippen molar-refractivity contribution in [2.75, 3.05) is 6.61 Å². The van der Waals surface area contributed by atoms with E-state index in [1.54, 1.807) is 6.08 Å². The van der Waals surface area contributed by atoms with E-state index in [4.69, 9.17) is 0 Å². The van der Waals surface area contributed by atoms with E-state index in [9.17, 15) is 20.1 Å². The molecule has 5 nitrogen and oxygen atoms in total. The van der Waals surface area contributed by atoms with Crippen LogP contribution in [0.25, 0.3) is 0 Å². The summed E-state index contributed by atoms with van der Waals surface area (Å²) < 4.78 is 0. The molecule has 71 heavy (non-hydrogen) atoms. The van der Waals surface area contributed by atoms with E-state index in [-0.39, 0.29) is 6.61 Å². The van der Waals surface area contributed by atoms with Crippen LogP contribution in [0.1, 0.15) is 328 Å². The van der Waals surface area contributed by atoms with E-state index in [1.165, 1.54) is 257 Å². The van der Waals surface area contributed by atoms with E-state index < -0.39 is 24.2 Å². The van der Waals surface area contributed by atoms with Gasteiger partial charge < -0.3 is 20.6 Å². The van der Waals surface area contributed by atoms with Crippen LogP contribution < -0.4 is 5.32 Å². The second-order valence-corrected chi connectivity index (χ2v) is 21.6. The summed E-state index contributed by atoms with van der Waals surface area (Å²) in [5.41, 5.74) is 0. The Morgan fingerprint density at radius 3 is 0.944 bits per heavy atom. The van der Waals surface area contributed by atoms with Gasteiger partial charge in [0.1, 0.15) is 6.10 Å². The fraction of sp³-hybridized carbons (Fsp3) is 0.833. The van der Waals surface area contributed by atoms with Crippen molar-refractivity contribution in [3.05, 3.63) is 60.8 Å². The van der Waals surface area contributed by atoms with Crippen molar-refractivity contribution in [3.8, 4) is 0 Å². The van der Waals surface area contributed by atoms with Crippen LogP contribution in [0.2, 0.25) is 0 Å². The minimum absolute atomic E-state index is 0.382. The highest BCUT2D eigenvalue weighted by Gasteiger charge is 2.22. The summed E-state index contributed by atoms with van der Waals surface area (Å²) in [7, 11) is 0. The van der Waals surface area contributed by atoms with Gasteiger partial charge in [-0.2, -0.15) is 0 Å². The molecule has 0 spiro atoms. The Labute approximate surface area is 443 Å². The Morgan fingerprint density at radius 1 is 0.352 bits per heavy atom. The minimum Gasteiger partial charge on any atom is -0.394 e. The van der Waals surface area contributed by atoms with Crippen LogP contribution in [0.3, 0.4) is 0 Å². The van der Waals surface area contributed by atoms with Crippen LogP contribution in [-0.2, 0) is 4.79 Å². The molecule has 0 aliphatic carbocycles. The van der Waals surface area contributed by atoms with E-state index in [1.807, 2.05) is 6.08 Å². The third kappa shape index (κ3) is 55.6. The third-order valence-corrected chi connectivity index (χ3v) is 14.6. The van der Waals surface area contributed by atoms with Gasteiger partial charge in [-0.25, -0.2) is 0 Å². The molecule has 0 bridgehead atoms. The van der Waals surface area contributed by atoms with Gasteiger partial charge >= 0.3 is 0 Å². The number of hydrogen-bond acceptors (Lipinski definition) is 4. The van der Waals surface area contributed by atoms with E-state index in [0.29, 0.717) is 6.42 Å². The van der Waals surface area contributed by atoms with Crippen molar-refractivity contribution < 1.29 is 20.1 Å². The lowest BCUT2D eigenvalue weighted by Gasteiger charge is -2.21. The molecule has 0 aromatic rings. The molecule has 0 saturated carbocycles. The predicted octanol–water partition coefficient (Wildman–Crippen LogP) is 20.1. The zero-order valence-corrected chi connectivity index (χ0v) is 47.6. The summed E-state index contributed by atoms with van der Waals surface area (Å²) in [6.07, 6.45) is 83.4. The summed E-state index contributed by atoms with van der Waals surface area (Å²) in [5.74, 6) is -0.515. The number of unbranched alkanes of at least 4 members (excludes halogenated alkanes) is 42. The molecule has 416 valence electrons. The molecule has 0 aromatic heterocycles. The number of allylic oxidation sites excluding steroid dienone is 9. The number of hydrogen-bond donors (Lipinski definition) is 4. The van der Waals surface area contributed by atoms with Gasteiger partial charge in [0.25, 0.3) is 0 Å². The van der Waals surface area contributed by atoms with Gasteiger partial charge in [0.05, 0.1) is 18.8 Å².